The van der Waals surface area contributed by atoms with E-state index in [1.54, 1.807) is 25.4 Å². The summed E-state index contributed by atoms with van der Waals surface area (Å²) in [5.74, 6) is 2.42. The van der Waals surface area contributed by atoms with Gasteiger partial charge in [0.1, 0.15) is 23.6 Å². The van der Waals surface area contributed by atoms with Gasteiger partial charge in [-0.05, 0) is 29.8 Å². The van der Waals surface area contributed by atoms with E-state index in [0.717, 1.165) is 11.3 Å². The van der Waals surface area contributed by atoms with Crippen LogP contribution in [0.2, 0.25) is 5.02 Å². The van der Waals surface area contributed by atoms with E-state index in [1.807, 2.05) is 24.3 Å². The Kier molecular flexibility index (Phi) is 5.15. The lowest BCUT2D eigenvalue weighted by molar-refractivity contribution is 0.414. The zero-order valence-corrected chi connectivity index (χ0v) is 14.3. The van der Waals surface area contributed by atoms with Crippen molar-refractivity contribution in [2.45, 2.75) is 6.54 Å². The molecule has 0 fully saturated rings. The van der Waals surface area contributed by atoms with Gasteiger partial charge in [-0.2, -0.15) is 0 Å². The molecule has 2 aromatic heterocycles. The first-order valence-corrected chi connectivity index (χ1v) is 7.89. The molecule has 0 spiro atoms. The van der Waals surface area contributed by atoms with Crippen molar-refractivity contribution in [3.63, 3.8) is 0 Å². The van der Waals surface area contributed by atoms with E-state index in [0.29, 0.717) is 34.7 Å². The van der Waals surface area contributed by atoms with Gasteiger partial charge in [0, 0.05) is 12.7 Å². The van der Waals surface area contributed by atoms with Gasteiger partial charge in [0.05, 0.1) is 12.1 Å². The summed E-state index contributed by atoms with van der Waals surface area (Å²) in [5.41, 5.74) is 7.63. The third-order valence-corrected chi connectivity index (χ3v) is 3.70. The van der Waals surface area contributed by atoms with E-state index in [9.17, 15) is 0 Å². The van der Waals surface area contributed by atoms with Gasteiger partial charge in [0.15, 0.2) is 11.6 Å². The second-order valence-electron chi connectivity index (χ2n) is 5.17. The molecule has 1 aromatic carbocycles. The van der Waals surface area contributed by atoms with Crippen LogP contribution in [0.4, 0.5) is 23.1 Å². The lowest BCUT2D eigenvalue weighted by Crippen LogP contribution is -2.08. The first kappa shape index (κ1) is 16.8. The molecule has 2 heterocycles. The molecule has 7 nitrogen and oxygen atoms in total. The molecule has 0 bridgehead atoms. The number of nitrogen functional groups attached to an aromatic ring is 1. The first-order valence-electron chi connectivity index (χ1n) is 7.51. The Morgan fingerprint density at radius 1 is 1.04 bits per heavy atom. The van der Waals surface area contributed by atoms with Crippen molar-refractivity contribution in [2.75, 3.05) is 23.5 Å². The standard InChI is InChI=1S/C17H17ClN6O/c1-25-13-5-2-11(3-6-13)8-21-16-15(19)17(23-10-22-16)24-14-7-4-12(18)9-20-14/h2-7,9-10H,8,19H2,1H3,(H2,20,21,22,23,24). The minimum Gasteiger partial charge on any atom is -0.497 e. The Balaban J connectivity index is 1.70. The van der Waals surface area contributed by atoms with Crippen LogP contribution in [-0.4, -0.2) is 22.1 Å². The summed E-state index contributed by atoms with van der Waals surface area (Å²) in [6, 6.07) is 11.2. The number of nitrogens with one attached hydrogen (secondary N) is 2. The number of halogens is 1. The van der Waals surface area contributed by atoms with Crippen molar-refractivity contribution in [1.29, 1.82) is 0 Å². The number of methoxy groups -OCH3 is 1. The molecule has 4 N–H and O–H groups in total. The van der Waals surface area contributed by atoms with E-state index in [1.165, 1.54) is 6.33 Å². The van der Waals surface area contributed by atoms with Crippen LogP contribution in [0.3, 0.4) is 0 Å². The summed E-state index contributed by atoms with van der Waals surface area (Å²) in [6.45, 7) is 0.573. The van der Waals surface area contributed by atoms with Gasteiger partial charge >= 0.3 is 0 Å². The normalized spacial score (nSPS) is 10.3. The topological polar surface area (TPSA) is 98.0 Å². The van der Waals surface area contributed by atoms with Crippen LogP contribution >= 0.6 is 11.6 Å². The third-order valence-electron chi connectivity index (χ3n) is 3.48. The van der Waals surface area contributed by atoms with E-state index in [-0.39, 0.29) is 0 Å². The summed E-state index contributed by atoms with van der Waals surface area (Å²) in [6.07, 6.45) is 2.98. The van der Waals surface area contributed by atoms with Crippen LogP contribution in [0, 0.1) is 0 Å². The molecule has 0 atom stereocenters. The maximum Gasteiger partial charge on any atom is 0.160 e. The van der Waals surface area contributed by atoms with Crippen LogP contribution in [0.25, 0.3) is 0 Å². The smallest absolute Gasteiger partial charge is 0.160 e. The molecule has 0 amide bonds. The molecule has 0 radical (unpaired) electrons. The lowest BCUT2D eigenvalue weighted by atomic mass is 10.2. The van der Waals surface area contributed by atoms with Gasteiger partial charge in [-0.1, -0.05) is 23.7 Å². The third kappa shape index (κ3) is 4.27. The molecule has 0 saturated heterocycles. The molecule has 25 heavy (non-hydrogen) atoms. The quantitative estimate of drug-likeness (QED) is 0.622. The first-order chi connectivity index (χ1) is 12.2. The van der Waals surface area contributed by atoms with Gasteiger partial charge in [-0.3, -0.25) is 0 Å². The summed E-state index contributed by atoms with van der Waals surface area (Å²) in [7, 11) is 1.64. The monoisotopic (exact) mass is 356 g/mol. The average Bonchev–Trinajstić information content (AvgIpc) is 2.64. The number of hydrogen-bond acceptors (Lipinski definition) is 7. The van der Waals surface area contributed by atoms with Crippen LogP contribution in [0.5, 0.6) is 5.75 Å². The highest BCUT2D eigenvalue weighted by molar-refractivity contribution is 6.30. The summed E-state index contributed by atoms with van der Waals surface area (Å²) in [5, 5.41) is 6.81. The van der Waals surface area contributed by atoms with E-state index in [4.69, 9.17) is 22.1 Å². The molecule has 8 heteroatoms. The maximum atomic E-state index is 6.15. The van der Waals surface area contributed by atoms with E-state index < -0.39 is 0 Å². The van der Waals surface area contributed by atoms with Gasteiger partial charge in [-0.25, -0.2) is 15.0 Å². The number of aromatic nitrogens is 3. The maximum absolute atomic E-state index is 6.15. The highest BCUT2D eigenvalue weighted by Crippen LogP contribution is 2.25. The number of pyridine rings is 1. The second-order valence-corrected chi connectivity index (χ2v) is 5.61. The fraction of sp³-hybridized carbons (Fsp3) is 0.118. The fourth-order valence-electron chi connectivity index (χ4n) is 2.14. The van der Waals surface area contributed by atoms with Gasteiger partial charge in [0.2, 0.25) is 0 Å². The summed E-state index contributed by atoms with van der Waals surface area (Å²) < 4.78 is 5.15. The molecule has 3 rings (SSSR count). The summed E-state index contributed by atoms with van der Waals surface area (Å²) in [4.78, 5) is 12.5. The van der Waals surface area contributed by atoms with Crippen molar-refractivity contribution < 1.29 is 4.74 Å². The number of nitrogens with two attached hydrogens (primary N) is 1. The molecular formula is C17H17ClN6O. The predicted molar refractivity (Wildman–Crippen MR) is 99.3 cm³/mol. The fourth-order valence-corrected chi connectivity index (χ4v) is 2.25. The van der Waals surface area contributed by atoms with Crippen LogP contribution in [-0.2, 0) is 6.54 Å². The van der Waals surface area contributed by atoms with Crippen molar-refractivity contribution in [1.82, 2.24) is 15.0 Å². The molecule has 3 aromatic rings. The lowest BCUT2D eigenvalue weighted by Gasteiger charge is -2.12. The summed E-state index contributed by atoms with van der Waals surface area (Å²) >= 11 is 5.83. The number of hydrogen-bond donors (Lipinski definition) is 3. The van der Waals surface area contributed by atoms with Crippen molar-refractivity contribution in [2.24, 2.45) is 0 Å². The molecule has 0 aliphatic rings. The molecule has 0 aliphatic carbocycles. The SMILES string of the molecule is COc1ccc(CNc2ncnc(Nc3ccc(Cl)cn3)c2N)cc1. The molecule has 0 aliphatic heterocycles. The van der Waals surface area contributed by atoms with Gasteiger partial charge in [-0.15, -0.1) is 0 Å². The zero-order chi connectivity index (χ0) is 17.6. The van der Waals surface area contributed by atoms with Gasteiger partial charge in [0.25, 0.3) is 0 Å². The average molecular weight is 357 g/mol. The highest BCUT2D eigenvalue weighted by Gasteiger charge is 2.09. The minimum absolute atomic E-state index is 0.410. The molecule has 128 valence electrons. The van der Waals surface area contributed by atoms with Crippen molar-refractivity contribution in [3.8, 4) is 5.75 Å². The Morgan fingerprint density at radius 3 is 2.48 bits per heavy atom. The van der Waals surface area contributed by atoms with Crippen LogP contribution in [0.1, 0.15) is 5.56 Å². The Labute approximate surface area is 150 Å². The largest absolute Gasteiger partial charge is 0.497 e. The van der Waals surface area contributed by atoms with Crippen molar-refractivity contribution in [3.05, 3.63) is 59.5 Å². The number of anilines is 4. The molecule has 0 unspecified atom stereocenters. The van der Waals surface area contributed by atoms with E-state index >= 15 is 0 Å². The zero-order valence-electron chi connectivity index (χ0n) is 13.5. The number of benzene rings is 1. The van der Waals surface area contributed by atoms with Crippen LogP contribution in [0.15, 0.2) is 48.9 Å². The Morgan fingerprint density at radius 2 is 1.80 bits per heavy atom. The molecule has 0 saturated carbocycles. The number of rotatable bonds is 6. The number of ether oxygens (including phenoxy) is 1. The minimum atomic E-state index is 0.410. The number of nitrogens with zero attached hydrogens (tertiary/aromatic N) is 3. The van der Waals surface area contributed by atoms with Gasteiger partial charge < -0.3 is 21.1 Å². The van der Waals surface area contributed by atoms with Crippen LogP contribution < -0.4 is 21.1 Å². The Hall–Kier alpha value is -3.06. The molecular weight excluding hydrogens is 340 g/mol. The second kappa shape index (κ2) is 7.67. The predicted octanol–water partition coefficient (Wildman–Crippen LogP) is 3.47. The van der Waals surface area contributed by atoms with Crippen molar-refractivity contribution >= 4 is 34.7 Å². The van der Waals surface area contributed by atoms with E-state index in [2.05, 4.69) is 25.6 Å². The highest BCUT2D eigenvalue weighted by atomic mass is 35.5. The Bertz CT molecular complexity index is 839.